The van der Waals surface area contributed by atoms with Crippen molar-refractivity contribution in [2.24, 2.45) is 0 Å². The summed E-state index contributed by atoms with van der Waals surface area (Å²) in [6, 6.07) is 7.31. The number of para-hydroxylation sites is 1. The second-order valence-electron chi connectivity index (χ2n) is 3.11. The van der Waals surface area contributed by atoms with Gasteiger partial charge in [-0.1, -0.05) is 45.9 Å². The van der Waals surface area contributed by atoms with Crippen molar-refractivity contribution in [3.05, 3.63) is 36.0 Å². The van der Waals surface area contributed by atoms with Crippen molar-refractivity contribution in [1.82, 2.24) is 4.98 Å². The lowest BCUT2D eigenvalue weighted by Crippen LogP contribution is -2.08. The van der Waals surface area contributed by atoms with Crippen molar-refractivity contribution in [3.63, 3.8) is 0 Å². The normalized spacial score (nSPS) is 10.1. The first-order chi connectivity index (χ1) is 8.98. The number of benzene rings is 1. The van der Waals surface area contributed by atoms with Gasteiger partial charge < -0.3 is 5.73 Å². The van der Waals surface area contributed by atoms with Crippen LogP contribution in [0.25, 0.3) is 10.9 Å². The van der Waals surface area contributed by atoms with Crippen LogP contribution in [0.4, 0.5) is 18.9 Å². The van der Waals surface area contributed by atoms with Crippen LogP contribution in [-0.2, 0) is 6.18 Å². The molecule has 1 aromatic carbocycles. The summed E-state index contributed by atoms with van der Waals surface area (Å²) in [7, 11) is 0. The highest BCUT2D eigenvalue weighted by atomic mass is 19.4. The van der Waals surface area contributed by atoms with Gasteiger partial charge in [0.2, 0.25) is 0 Å². The van der Waals surface area contributed by atoms with Crippen LogP contribution in [0, 0.1) is 0 Å². The quantitative estimate of drug-likeness (QED) is 0.741. The molecule has 0 aliphatic rings. The van der Waals surface area contributed by atoms with Crippen molar-refractivity contribution >= 4 is 16.6 Å². The van der Waals surface area contributed by atoms with Crippen molar-refractivity contribution in [2.45, 2.75) is 33.9 Å². The highest BCUT2D eigenvalue weighted by Gasteiger charge is 2.33. The van der Waals surface area contributed by atoms with E-state index in [0.717, 1.165) is 6.07 Å². The lowest BCUT2D eigenvalue weighted by molar-refractivity contribution is -0.140. The summed E-state index contributed by atoms with van der Waals surface area (Å²) in [5.41, 5.74) is 4.90. The number of pyridine rings is 1. The zero-order chi connectivity index (χ0) is 15.1. The van der Waals surface area contributed by atoms with Crippen LogP contribution in [0.3, 0.4) is 0 Å². The number of nitrogens with two attached hydrogens (primary N) is 1. The first kappa shape index (κ1) is 17.2. The van der Waals surface area contributed by atoms with Gasteiger partial charge in [0.15, 0.2) is 0 Å². The molecule has 0 bridgehead atoms. The molecule has 0 saturated carbocycles. The summed E-state index contributed by atoms with van der Waals surface area (Å²) < 4.78 is 37.1. The van der Waals surface area contributed by atoms with Gasteiger partial charge in [0.05, 0.1) is 5.52 Å². The number of hydrogen-bond donors (Lipinski definition) is 1. The standard InChI is InChI=1S/C10H7F3N2.2C2H6/c11-10(12,13)9-5-7(14)6-3-1-2-4-8(6)15-9;2*1-2/h1-5H,(H2,14,15);2*1-2H3. The lowest BCUT2D eigenvalue weighted by atomic mass is 10.1. The predicted octanol–water partition coefficient (Wildman–Crippen LogP) is 4.89. The number of rotatable bonds is 0. The molecule has 0 amide bonds. The predicted molar refractivity (Wildman–Crippen MR) is 73.9 cm³/mol. The fourth-order valence-electron chi connectivity index (χ4n) is 1.35. The smallest absolute Gasteiger partial charge is 0.398 e. The van der Waals surface area contributed by atoms with Crippen LogP contribution in [0.15, 0.2) is 30.3 Å². The van der Waals surface area contributed by atoms with Crippen LogP contribution in [0.1, 0.15) is 33.4 Å². The maximum Gasteiger partial charge on any atom is 0.433 e. The van der Waals surface area contributed by atoms with Gasteiger partial charge in [-0.05, 0) is 12.1 Å². The Balaban J connectivity index is 0.000000741. The van der Waals surface area contributed by atoms with Gasteiger partial charge in [-0.3, -0.25) is 0 Å². The largest absolute Gasteiger partial charge is 0.433 e. The van der Waals surface area contributed by atoms with E-state index in [1.807, 2.05) is 27.7 Å². The van der Waals surface area contributed by atoms with Crippen LogP contribution >= 0.6 is 0 Å². The average molecular weight is 272 g/mol. The molecule has 2 N–H and O–H groups in total. The zero-order valence-corrected chi connectivity index (χ0v) is 11.5. The molecule has 106 valence electrons. The van der Waals surface area contributed by atoms with Crippen molar-refractivity contribution in [1.29, 1.82) is 0 Å². The summed E-state index contributed by atoms with van der Waals surface area (Å²) in [4.78, 5) is 3.50. The Labute approximate surface area is 111 Å². The van der Waals surface area contributed by atoms with Crippen LogP contribution < -0.4 is 5.73 Å². The average Bonchev–Trinajstić information content (AvgIpc) is 2.42. The highest BCUT2D eigenvalue weighted by molar-refractivity contribution is 5.90. The molecule has 0 saturated heterocycles. The number of aromatic nitrogens is 1. The van der Waals surface area contributed by atoms with E-state index in [4.69, 9.17) is 5.73 Å². The van der Waals surface area contributed by atoms with E-state index < -0.39 is 11.9 Å². The number of halogens is 3. The first-order valence-electron chi connectivity index (χ1n) is 6.21. The molecule has 0 atom stereocenters. The second kappa shape index (κ2) is 7.61. The third kappa shape index (κ3) is 4.43. The van der Waals surface area contributed by atoms with Crippen LogP contribution in [-0.4, -0.2) is 4.98 Å². The Hall–Kier alpha value is -1.78. The molecule has 0 aliphatic carbocycles. The van der Waals surface area contributed by atoms with Gasteiger partial charge in [0, 0.05) is 11.1 Å². The molecule has 2 rings (SSSR count). The Morgan fingerprint density at radius 1 is 1.00 bits per heavy atom. The molecule has 0 unspecified atom stereocenters. The highest BCUT2D eigenvalue weighted by Crippen LogP contribution is 2.31. The third-order valence-electron chi connectivity index (χ3n) is 2.04. The molecule has 1 aromatic heterocycles. The van der Waals surface area contributed by atoms with Gasteiger partial charge in [-0.15, -0.1) is 0 Å². The number of hydrogen-bond acceptors (Lipinski definition) is 2. The first-order valence-corrected chi connectivity index (χ1v) is 6.21. The van der Waals surface area contributed by atoms with Crippen LogP contribution in [0.2, 0.25) is 0 Å². The van der Waals surface area contributed by atoms with E-state index in [0.29, 0.717) is 5.39 Å². The monoisotopic (exact) mass is 272 g/mol. The van der Waals surface area contributed by atoms with Gasteiger partial charge in [-0.2, -0.15) is 13.2 Å². The summed E-state index contributed by atoms with van der Waals surface area (Å²) in [6.45, 7) is 8.00. The minimum absolute atomic E-state index is 0.0907. The van der Waals surface area contributed by atoms with Crippen molar-refractivity contribution < 1.29 is 13.2 Å². The van der Waals surface area contributed by atoms with E-state index in [9.17, 15) is 13.2 Å². The molecule has 5 heteroatoms. The molecular formula is C14H19F3N2. The molecule has 2 aromatic rings. The molecule has 19 heavy (non-hydrogen) atoms. The van der Waals surface area contributed by atoms with E-state index >= 15 is 0 Å². The lowest BCUT2D eigenvalue weighted by Gasteiger charge is -2.08. The molecule has 1 heterocycles. The van der Waals surface area contributed by atoms with E-state index in [-0.39, 0.29) is 11.2 Å². The Bertz CT molecular complexity index is 508. The third-order valence-corrected chi connectivity index (χ3v) is 2.04. The number of anilines is 1. The summed E-state index contributed by atoms with van der Waals surface area (Å²) >= 11 is 0. The number of alkyl halides is 3. The molecule has 0 radical (unpaired) electrons. The van der Waals surface area contributed by atoms with Gasteiger partial charge >= 0.3 is 6.18 Å². The van der Waals surface area contributed by atoms with E-state index in [1.165, 1.54) is 6.07 Å². The van der Waals surface area contributed by atoms with Crippen molar-refractivity contribution in [2.75, 3.05) is 5.73 Å². The molecule has 2 nitrogen and oxygen atoms in total. The van der Waals surface area contributed by atoms with E-state index in [1.54, 1.807) is 18.2 Å². The summed E-state index contributed by atoms with van der Waals surface area (Å²) in [6.07, 6.45) is -4.46. The minimum atomic E-state index is -4.46. The maximum absolute atomic E-state index is 12.4. The fraction of sp³-hybridized carbons (Fsp3) is 0.357. The SMILES string of the molecule is CC.CC.Nc1cc(C(F)(F)F)nc2ccccc12. The maximum atomic E-state index is 12.4. The summed E-state index contributed by atoms with van der Waals surface area (Å²) in [5, 5.41) is 0.533. The number of nitrogen functional groups attached to an aromatic ring is 1. The Morgan fingerprint density at radius 2 is 1.53 bits per heavy atom. The Kier molecular flexibility index (Phi) is 6.90. The number of nitrogens with zero attached hydrogens (tertiary/aromatic N) is 1. The van der Waals surface area contributed by atoms with Gasteiger partial charge in [0.25, 0.3) is 0 Å². The van der Waals surface area contributed by atoms with Gasteiger partial charge in [0.1, 0.15) is 5.69 Å². The zero-order valence-electron chi connectivity index (χ0n) is 11.5. The molecular weight excluding hydrogens is 253 g/mol. The number of fused-ring (bicyclic) bond motifs is 1. The second-order valence-corrected chi connectivity index (χ2v) is 3.11. The Morgan fingerprint density at radius 3 is 2.05 bits per heavy atom. The molecule has 0 spiro atoms. The molecule has 0 fully saturated rings. The summed E-state index contributed by atoms with van der Waals surface area (Å²) in [5.74, 6) is 0. The van der Waals surface area contributed by atoms with Crippen LogP contribution in [0.5, 0.6) is 0 Å². The van der Waals surface area contributed by atoms with Gasteiger partial charge in [-0.25, -0.2) is 4.98 Å². The molecule has 0 aliphatic heterocycles. The fourth-order valence-corrected chi connectivity index (χ4v) is 1.35. The van der Waals surface area contributed by atoms with Crippen molar-refractivity contribution in [3.8, 4) is 0 Å². The topological polar surface area (TPSA) is 38.9 Å². The minimum Gasteiger partial charge on any atom is -0.398 e. The van der Waals surface area contributed by atoms with E-state index in [2.05, 4.69) is 4.98 Å².